The lowest BCUT2D eigenvalue weighted by Crippen LogP contribution is -2.23. The number of nitrogen functional groups attached to an aromatic ring is 1. The maximum atomic E-state index is 12.2. The molecule has 1 heterocycles. The summed E-state index contributed by atoms with van der Waals surface area (Å²) < 4.78 is 6.42. The van der Waals surface area contributed by atoms with Gasteiger partial charge in [0.25, 0.3) is 0 Å². The van der Waals surface area contributed by atoms with Crippen molar-refractivity contribution in [3.05, 3.63) is 39.2 Å². The minimum Gasteiger partial charge on any atom is -0.456 e. The van der Waals surface area contributed by atoms with Crippen molar-refractivity contribution in [2.24, 2.45) is 0 Å². The molecule has 5 heteroatoms. The van der Waals surface area contributed by atoms with Crippen LogP contribution in [0.4, 0.5) is 5.69 Å². The quantitative estimate of drug-likeness (QED) is 0.757. The number of halogens is 1. The first-order chi connectivity index (χ1) is 9.67. The molecule has 0 spiro atoms. The van der Waals surface area contributed by atoms with Gasteiger partial charge in [0.1, 0.15) is 10.5 Å². The third-order valence-electron chi connectivity index (χ3n) is 2.80. The van der Waals surface area contributed by atoms with Crippen LogP contribution < -0.4 is 5.73 Å². The van der Waals surface area contributed by atoms with E-state index in [2.05, 4.69) is 15.9 Å². The first-order valence-electron chi connectivity index (χ1n) is 6.56. The number of carbonyl (C=O) groups is 1. The van der Waals surface area contributed by atoms with Crippen molar-refractivity contribution in [3.8, 4) is 10.4 Å². The highest BCUT2D eigenvalue weighted by atomic mass is 79.9. The maximum Gasteiger partial charge on any atom is 0.350 e. The Balaban J connectivity index is 2.37. The highest BCUT2D eigenvalue weighted by molar-refractivity contribution is 9.10. The highest BCUT2D eigenvalue weighted by Crippen LogP contribution is 2.36. The third kappa shape index (κ3) is 3.86. The second-order valence-corrected chi connectivity index (χ2v) is 7.82. The van der Waals surface area contributed by atoms with Crippen LogP contribution >= 0.6 is 27.3 Å². The van der Waals surface area contributed by atoms with Crippen molar-refractivity contribution < 1.29 is 9.53 Å². The van der Waals surface area contributed by atoms with Gasteiger partial charge in [0.15, 0.2) is 0 Å². The van der Waals surface area contributed by atoms with Crippen LogP contribution in [-0.2, 0) is 4.74 Å². The lowest BCUT2D eigenvalue weighted by molar-refractivity contribution is 0.00764. The Morgan fingerprint density at radius 3 is 2.52 bits per heavy atom. The molecule has 2 N–H and O–H groups in total. The van der Waals surface area contributed by atoms with E-state index in [9.17, 15) is 4.79 Å². The van der Waals surface area contributed by atoms with Crippen LogP contribution in [0.3, 0.4) is 0 Å². The Morgan fingerprint density at radius 2 is 1.95 bits per heavy atom. The molecule has 0 aliphatic carbocycles. The fourth-order valence-electron chi connectivity index (χ4n) is 1.93. The van der Waals surface area contributed by atoms with Gasteiger partial charge in [-0.2, -0.15) is 0 Å². The van der Waals surface area contributed by atoms with Crippen molar-refractivity contribution in [1.82, 2.24) is 0 Å². The molecule has 3 nitrogen and oxygen atoms in total. The summed E-state index contributed by atoms with van der Waals surface area (Å²) >= 11 is 4.82. The molecular formula is C16H18BrNO2S. The van der Waals surface area contributed by atoms with E-state index in [1.165, 1.54) is 11.3 Å². The number of rotatable bonds is 2. The molecular weight excluding hydrogens is 350 g/mol. The molecule has 0 saturated heterocycles. The fourth-order valence-corrected chi connectivity index (χ4v) is 3.45. The molecule has 0 saturated carbocycles. The van der Waals surface area contributed by atoms with Crippen molar-refractivity contribution in [2.75, 3.05) is 5.73 Å². The average Bonchev–Trinajstić information content (AvgIpc) is 2.68. The summed E-state index contributed by atoms with van der Waals surface area (Å²) in [5.41, 5.74) is 8.12. The number of esters is 1. The van der Waals surface area contributed by atoms with Crippen molar-refractivity contribution in [2.45, 2.75) is 33.3 Å². The molecule has 0 fully saturated rings. The van der Waals surface area contributed by atoms with E-state index in [-0.39, 0.29) is 5.97 Å². The van der Waals surface area contributed by atoms with E-state index in [4.69, 9.17) is 10.5 Å². The van der Waals surface area contributed by atoms with Crippen LogP contribution in [0.2, 0.25) is 0 Å². The van der Waals surface area contributed by atoms with Gasteiger partial charge < -0.3 is 10.5 Å². The van der Waals surface area contributed by atoms with Crippen LogP contribution in [-0.4, -0.2) is 11.6 Å². The zero-order valence-electron chi connectivity index (χ0n) is 12.5. The number of benzene rings is 1. The minimum atomic E-state index is -0.527. The summed E-state index contributed by atoms with van der Waals surface area (Å²) in [5, 5.41) is 0. The molecule has 0 bridgehead atoms. The Hall–Kier alpha value is -1.33. The van der Waals surface area contributed by atoms with E-state index in [1.54, 1.807) is 0 Å². The van der Waals surface area contributed by atoms with Crippen molar-refractivity contribution in [3.63, 3.8) is 0 Å². The Labute approximate surface area is 137 Å². The fraction of sp³-hybridized carbons (Fsp3) is 0.312. The molecule has 0 aliphatic heterocycles. The van der Waals surface area contributed by atoms with Gasteiger partial charge in [-0.15, -0.1) is 11.3 Å². The number of carbonyl (C=O) groups excluding carboxylic acids is 1. The number of nitrogens with two attached hydrogens (primary N) is 1. The lowest BCUT2D eigenvalue weighted by atomic mass is 10.1. The average molecular weight is 368 g/mol. The van der Waals surface area contributed by atoms with Gasteiger partial charge in [-0.1, -0.05) is 22.0 Å². The summed E-state index contributed by atoms with van der Waals surface area (Å²) in [5.74, 6) is -0.369. The third-order valence-corrected chi connectivity index (χ3v) is 4.46. The first-order valence-corrected chi connectivity index (χ1v) is 8.17. The zero-order valence-corrected chi connectivity index (χ0v) is 14.9. The summed E-state index contributed by atoms with van der Waals surface area (Å²) in [6.45, 7) is 7.56. The second kappa shape index (κ2) is 5.81. The Morgan fingerprint density at radius 1 is 1.29 bits per heavy atom. The van der Waals surface area contributed by atoms with Crippen LogP contribution in [0.1, 0.15) is 36.0 Å². The summed E-state index contributed by atoms with van der Waals surface area (Å²) in [7, 11) is 0. The number of ether oxygens (including phenoxy) is 1. The van der Waals surface area contributed by atoms with Crippen molar-refractivity contribution >= 4 is 38.9 Å². The van der Waals surface area contributed by atoms with E-state index >= 15 is 0 Å². The summed E-state index contributed by atoms with van der Waals surface area (Å²) in [6, 6.07) is 7.87. The van der Waals surface area contributed by atoms with E-state index < -0.39 is 5.60 Å². The topological polar surface area (TPSA) is 52.3 Å². The lowest BCUT2D eigenvalue weighted by Gasteiger charge is -2.18. The molecule has 1 aromatic heterocycles. The first kappa shape index (κ1) is 16.0. The predicted molar refractivity (Wildman–Crippen MR) is 91.8 cm³/mol. The maximum absolute atomic E-state index is 12.2. The molecule has 0 amide bonds. The van der Waals surface area contributed by atoms with Crippen molar-refractivity contribution in [1.29, 1.82) is 0 Å². The number of hydrogen-bond acceptors (Lipinski definition) is 4. The number of aryl methyl sites for hydroxylation is 1. The van der Waals surface area contributed by atoms with Gasteiger partial charge in [-0.05, 0) is 57.0 Å². The van der Waals surface area contributed by atoms with Crippen LogP contribution in [0.25, 0.3) is 10.4 Å². The molecule has 0 atom stereocenters. The van der Waals surface area contributed by atoms with E-state index in [0.29, 0.717) is 10.6 Å². The van der Waals surface area contributed by atoms with Gasteiger partial charge in [0.2, 0.25) is 0 Å². The minimum absolute atomic E-state index is 0.369. The number of hydrogen-bond donors (Lipinski definition) is 1. The van der Waals surface area contributed by atoms with Gasteiger partial charge in [-0.3, -0.25) is 0 Å². The molecule has 21 heavy (non-hydrogen) atoms. The molecule has 2 rings (SSSR count). The van der Waals surface area contributed by atoms with Crippen LogP contribution in [0, 0.1) is 6.92 Å². The molecule has 112 valence electrons. The monoisotopic (exact) mass is 367 g/mol. The Kier molecular flexibility index (Phi) is 4.44. The standard InChI is InChI=1S/C16H18BrNO2S/c1-9-7-10(17)5-6-11(9)13-8-12(18)14(21-13)15(19)20-16(2,3)4/h5-8H,18H2,1-4H3. The van der Waals surface area contributed by atoms with E-state index in [1.807, 2.05) is 52.0 Å². The predicted octanol–water partition coefficient (Wildman–Crippen LogP) is 5.02. The molecule has 0 aliphatic rings. The van der Waals surface area contributed by atoms with Gasteiger partial charge >= 0.3 is 5.97 Å². The molecule has 0 unspecified atom stereocenters. The zero-order chi connectivity index (χ0) is 15.8. The SMILES string of the molecule is Cc1cc(Br)ccc1-c1cc(N)c(C(=O)OC(C)(C)C)s1. The van der Waals surface area contributed by atoms with Gasteiger partial charge in [0, 0.05) is 9.35 Å². The number of thiophene rings is 1. The van der Waals surface area contributed by atoms with E-state index in [0.717, 1.165) is 20.5 Å². The number of anilines is 1. The van der Waals surface area contributed by atoms with Crippen LogP contribution in [0.5, 0.6) is 0 Å². The largest absolute Gasteiger partial charge is 0.456 e. The second-order valence-electron chi connectivity index (χ2n) is 5.86. The molecule has 0 radical (unpaired) electrons. The summed E-state index contributed by atoms with van der Waals surface area (Å²) in [4.78, 5) is 13.6. The smallest absolute Gasteiger partial charge is 0.350 e. The summed E-state index contributed by atoms with van der Waals surface area (Å²) in [6.07, 6.45) is 0. The van der Waals surface area contributed by atoms with Crippen LogP contribution in [0.15, 0.2) is 28.7 Å². The molecule has 2 aromatic rings. The van der Waals surface area contributed by atoms with Gasteiger partial charge in [0.05, 0.1) is 5.69 Å². The molecule has 1 aromatic carbocycles. The van der Waals surface area contributed by atoms with Gasteiger partial charge in [-0.25, -0.2) is 4.79 Å². The highest BCUT2D eigenvalue weighted by Gasteiger charge is 2.22. The normalized spacial score (nSPS) is 11.5. The Bertz CT molecular complexity index is 686.